The molecule has 1 aliphatic heterocycles. The van der Waals surface area contributed by atoms with Crippen LogP contribution in [0.4, 0.5) is 14.9 Å². The van der Waals surface area contributed by atoms with Crippen LogP contribution in [0, 0.1) is 18.7 Å². The summed E-state index contributed by atoms with van der Waals surface area (Å²) in [5, 5.41) is 3.19. The second-order valence-corrected chi connectivity index (χ2v) is 10.1. The first kappa shape index (κ1) is 26.6. The molecule has 1 aliphatic carbocycles. The number of benzene rings is 2. The highest BCUT2D eigenvalue weighted by Gasteiger charge is 2.37. The normalized spacial score (nSPS) is 18.8. The summed E-state index contributed by atoms with van der Waals surface area (Å²) in [7, 11) is 1.34. The third kappa shape index (κ3) is 6.48. The van der Waals surface area contributed by atoms with E-state index in [1.54, 1.807) is 17.0 Å². The number of halogens is 1. The first-order chi connectivity index (χ1) is 17.9. The van der Waals surface area contributed by atoms with E-state index < -0.39 is 18.0 Å². The Balaban J connectivity index is 1.68. The topological polar surface area (TPSA) is 79.0 Å². The molecule has 1 heterocycles. The van der Waals surface area contributed by atoms with Crippen LogP contribution < -0.4 is 10.2 Å². The second-order valence-electron chi connectivity index (χ2n) is 10.1. The quantitative estimate of drug-likeness (QED) is 0.561. The maximum atomic E-state index is 14.4. The molecule has 2 unspecified atom stereocenters. The number of rotatable bonds is 7. The standard InChI is InChI=1S/C29H36FN3O4/c1-20-9-6-7-14-25(20)27(28(35)31-23-11-4-3-5-12-23)33(24-13-8-10-22(30)18-24)26(34)17-21-15-16-32(19-21)29(36)37-2/h6-10,13-14,18,21,23,27H,3-5,11-12,15-17,19H2,1-2H3,(H,31,35). The molecule has 2 aliphatic rings. The Morgan fingerprint density at radius 1 is 1.08 bits per heavy atom. The van der Waals surface area contributed by atoms with Gasteiger partial charge in [0.1, 0.15) is 11.9 Å². The minimum Gasteiger partial charge on any atom is -0.453 e. The molecule has 0 radical (unpaired) electrons. The van der Waals surface area contributed by atoms with Gasteiger partial charge in [-0.1, -0.05) is 49.6 Å². The molecule has 1 N–H and O–H groups in total. The molecule has 2 atom stereocenters. The van der Waals surface area contributed by atoms with Crippen molar-refractivity contribution >= 4 is 23.6 Å². The number of methoxy groups -OCH3 is 1. The van der Waals surface area contributed by atoms with Crippen LogP contribution in [-0.4, -0.2) is 49.0 Å². The van der Waals surface area contributed by atoms with Gasteiger partial charge in [-0.3, -0.25) is 14.5 Å². The first-order valence-electron chi connectivity index (χ1n) is 13.1. The van der Waals surface area contributed by atoms with E-state index >= 15 is 0 Å². The molecule has 0 bridgehead atoms. The van der Waals surface area contributed by atoms with Crippen molar-refractivity contribution < 1.29 is 23.5 Å². The number of aryl methyl sites for hydroxylation is 1. The van der Waals surface area contributed by atoms with Crippen LogP contribution in [0.1, 0.15) is 62.1 Å². The van der Waals surface area contributed by atoms with Crippen LogP contribution in [0.5, 0.6) is 0 Å². The van der Waals surface area contributed by atoms with Crippen molar-refractivity contribution in [3.63, 3.8) is 0 Å². The molecular weight excluding hydrogens is 473 g/mol. The highest BCUT2D eigenvalue weighted by molar-refractivity contribution is 6.01. The summed E-state index contributed by atoms with van der Waals surface area (Å²) < 4.78 is 19.2. The Labute approximate surface area is 218 Å². The number of nitrogens with one attached hydrogen (secondary N) is 1. The smallest absolute Gasteiger partial charge is 0.409 e. The van der Waals surface area contributed by atoms with E-state index in [1.807, 2.05) is 31.2 Å². The predicted molar refractivity (Wildman–Crippen MR) is 140 cm³/mol. The molecule has 4 rings (SSSR count). The van der Waals surface area contributed by atoms with Gasteiger partial charge >= 0.3 is 6.09 Å². The Bertz CT molecular complexity index is 1120. The first-order valence-corrected chi connectivity index (χ1v) is 13.1. The maximum absolute atomic E-state index is 14.4. The highest BCUT2D eigenvalue weighted by Crippen LogP contribution is 2.33. The largest absolute Gasteiger partial charge is 0.453 e. The maximum Gasteiger partial charge on any atom is 0.409 e. The number of carbonyl (C=O) groups excluding carboxylic acids is 3. The van der Waals surface area contributed by atoms with Gasteiger partial charge in [-0.05, 0) is 61.4 Å². The lowest BCUT2D eigenvalue weighted by Crippen LogP contribution is -2.48. The molecule has 198 valence electrons. The average Bonchev–Trinajstić information content (AvgIpc) is 3.36. The number of anilines is 1. The molecule has 7 nitrogen and oxygen atoms in total. The molecule has 1 saturated carbocycles. The Kier molecular flexibility index (Phi) is 8.79. The van der Waals surface area contributed by atoms with Gasteiger partial charge in [-0.2, -0.15) is 0 Å². The van der Waals surface area contributed by atoms with Gasteiger partial charge in [0.05, 0.1) is 7.11 Å². The van der Waals surface area contributed by atoms with Crippen LogP contribution >= 0.6 is 0 Å². The van der Waals surface area contributed by atoms with Crippen molar-refractivity contribution in [2.24, 2.45) is 5.92 Å². The highest BCUT2D eigenvalue weighted by atomic mass is 19.1. The van der Waals surface area contributed by atoms with Crippen molar-refractivity contribution in [3.8, 4) is 0 Å². The van der Waals surface area contributed by atoms with Crippen molar-refractivity contribution in [2.75, 3.05) is 25.1 Å². The lowest BCUT2D eigenvalue weighted by atomic mass is 9.93. The lowest BCUT2D eigenvalue weighted by molar-refractivity contribution is -0.127. The van der Waals surface area contributed by atoms with E-state index in [4.69, 9.17) is 4.74 Å². The minimum atomic E-state index is -0.949. The molecular formula is C29H36FN3O4. The fourth-order valence-corrected chi connectivity index (χ4v) is 5.52. The van der Waals surface area contributed by atoms with Gasteiger partial charge in [0.15, 0.2) is 0 Å². The van der Waals surface area contributed by atoms with E-state index in [-0.39, 0.29) is 30.2 Å². The third-order valence-corrected chi connectivity index (χ3v) is 7.48. The van der Waals surface area contributed by atoms with Gasteiger partial charge in [0.25, 0.3) is 0 Å². The van der Waals surface area contributed by atoms with Crippen LogP contribution in [0.15, 0.2) is 48.5 Å². The van der Waals surface area contributed by atoms with Crippen LogP contribution in [0.3, 0.4) is 0 Å². The average molecular weight is 510 g/mol. The zero-order chi connectivity index (χ0) is 26.4. The summed E-state index contributed by atoms with van der Waals surface area (Å²) in [5.41, 5.74) is 1.91. The van der Waals surface area contributed by atoms with E-state index in [2.05, 4.69) is 5.32 Å². The van der Waals surface area contributed by atoms with Gasteiger partial charge in [-0.25, -0.2) is 9.18 Å². The van der Waals surface area contributed by atoms with Gasteiger partial charge < -0.3 is 15.0 Å². The molecule has 0 aromatic heterocycles. The van der Waals surface area contributed by atoms with Crippen LogP contribution in [0.2, 0.25) is 0 Å². The zero-order valence-corrected chi connectivity index (χ0v) is 21.6. The molecule has 2 aromatic carbocycles. The monoisotopic (exact) mass is 509 g/mol. The van der Waals surface area contributed by atoms with Crippen molar-refractivity contribution in [1.82, 2.24) is 10.2 Å². The summed E-state index contributed by atoms with van der Waals surface area (Å²) in [5.74, 6) is -1.11. The fraction of sp³-hybridized carbons (Fsp3) is 0.483. The summed E-state index contributed by atoms with van der Waals surface area (Å²) >= 11 is 0. The third-order valence-electron chi connectivity index (χ3n) is 7.48. The number of hydrogen-bond acceptors (Lipinski definition) is 4. The summed E-state index contributed by atoms with van der Waals surface area (Å²) in [4.78, 5) is 42.9. The van der Waals surface area contributed by atoms with Crippen LogP contribution in [-0.2, 0) is 14.3 Å². The van der Waals surface area contributed by atoms with Crippen LogP contribution in [0.25, 0.3) is 0 Å². The van der Waals surface area contributed by atoms with E-state index in [9.17, 15) is 18.8 Å². The van der Waals surface area contributed by atoms with E-state index in [0.717, 1.165) is 37.7 Å². The fourth-order valence-electron chi connectivity index (χ4n) is 5.52. The number of likely N-dealkylation sites (tertiary alicyclic amines) is 1. The number of nitrogens with zero attached hydrogens (tertiary/aromatic N) is 2. The molecule has 8 heteroatoms. The predicted octanol–water partition coefficient (Wildman–Crippen LogP) is 5.14. The Morgan fingerprint density at radius 3 is 2.54 bits per heavy atom. The van der Waals surface area contributed by atoms with E-state index in [1.165, 1.54) is 24.1 Å². The van der Waals surface area contributed by atoms with Gasteiger partial charge in [0.2, 0.25) is 11.8 Å². The van der Waals surface area contributed by atoms with Gasteiger partial charge in [-0.15, -0.1) is 0 Å². The van der Waals surface area contributed by atoms with Crippen molar-refractivity contribution in [2.45, 2.75) is 64.0 Å². The minimum absolute atomic E-state index is 0.0562. The van der Waals surface area contributed by atoms with Gasteiger partial charge in [0, 0.05) is 31.2 Å². The molecule has 3 amide bonds. The number of ether oxygens (including phenoxy) is 1. The van der Waals surface area contributed by atoms with E-state index in [0.29, 0.717) is 30.8 Å². The number of hydrogen-bond donors (Lipinski definition) is 1. The van der Waals surface area contributed by atoms with Crippen molar-refractivity contribution in [3.05, 3.63) is 65.5 Å². The molecule has 1 saturated heterocycles. The Morgan fingerprint density at radius 2 is 1.84 bits per heavy atom. The molecule has 37 heavy (non-hydrogen) atoms. The summed E-state index contributed by atoms with van der Waals surface area (Å²) in [6.07, 6.45) is 5.46. The summed E-state index contributed by atoms with van der Waals surface area (Å²) in [6, 6.07) is 12.4. The molecule has 2 aromatic rings. The number of amides is 3. The molecule has 0 spiro atoms. The van der Waals surface area contributed by atoms with Crippen molar-refractivity contribution in [1.29, 1.82) is 0 Å². The molecule has 2 fully saturated rings. The SMILES string of the molecule is COC(=O)N1CCC(CC(=O)N(c2cccc(F)c2)C(C(=O)NC2CCCCC2)c2ccccc2C)C1. The zero-order valence-electron chi connectivity index (χ0n) is 21.6. The number of carbonyl (C=O) groups is 3. The Hall–Kier alpha value is -3.42. The summed E-state index contributed by atoms with van der Waals surface area (Å²) in [6.45, 7) is 2.82. The lowest BCUT2D eigenvalue weighted by Gasteiger charge is -2.34. The second kappa shape index (κ2) is 12.2.